The molecule has 3 rings (SSSR count). The van der Waals surface area contributed by atoms with Gasteiger partial charge in [0, 0.05) is 12.6 Å². The lowest BCUT2D eigenvalue weighted by molar-refractivity contribution is -0.157. The van der Waals surface area contributed by atoms with E-state index in [1.165, 1.54) is 5.56 Å². The quantitative estimate of drug-likeness (QED) is 0.717. The number of ether oxygens (including phenoxy) is 2. The van der Waals surface area contributed by atoms with Gasteiger partial charge in [0.05, 0.1) is 20.3 Å². The fourth-order valence-electron chi connectivity index (χ4n) is 4.22. The van der Waals surface area contributed by atoms with Gasteiger partial charge in [-0.05, 0) is 63.3 Å². The molecule has 0 aliphatic carbocycles. The maximum absolute atomic E-state index is 13.0. The fraction of sp³-hybridized carbons (Fsp3) is 0.619. The first-order valence-corrected chi connectivity index (χ1v) is 9.98. The second-order valence-electron chi connectivity index (χ2n) is 7.26. The Balaban J connectivity index is 1.68. The molecule has 1 amide bonds. The number of benzene rings is 1. The van der Waals surface area contributed by atoms with Crippen LogP contribution in [-0.2, 0) is 14.3 Å². The molecular formula is C21H30N2O4. The second-order valence-corrected chi connectivity index (χ2v) is 7.26. The van der Waals surface area contributed by atoms with Gasteiger partial charge in [-0.15, -0.1) is 0 Å². The van der Waals surface area contributed by atoms with Crippen molar-refractivity contribution in [2.75, 3.05) is 33.4 Å². The van der Waals surface area contributed by atoms with Crippen molar-refractivity contribution < 1.29 is 19.1 Å². The zero-order chi connectivity index (χ0) is 19.2. The van der Waals surface area contributed by atoms with E-state index >= 15 is 0 Å². The Morgan fingerprint density at radius 1 is 1.15 bits per heavy atom. The van der Waals surface area contributed by atoms with Gasteiger partial charge in [-0.25, -0.2) is 4.79 Å². The largest absolute Gasteiger partial charge is 0.497 e. The van der Waals surface area contributed by atoms with Crippen LogP contribution < -0.4 is 4.74 Å². The number of hydrogen-bond donors (Lipinski definition) is 0. The Hall–Kier alpha value is -2.08. The summed E-state index contributed by atoms with van der Waals surface area (Å²) in [5.74, 6) is 0.600. The summed E-state index contributed by atoms with van der Waals surface area (Å²) >= 11 is 0. The summed E-state index contributed by atoms with van der Waals surface area (Å²) in [7, 11) is 1.67. The molecule has 148 valence electrons. The lowest BCUT2D eigenvalue weighted by atomic mass is 10.0. The predicted molar refractivity (Wildman–Crippen MR) is 103 cm³/mol. The van der Waals surface area contributed by atoms with Crippen LogP contribution in [0.25, 0.3) is 0 Å². The van der Waals surface area contributed by atoms with Crippen molar-refractivity contribution in [3.8, 4) is 5.75 Å². The number of amides is 1. The zero-order valence-electron chi connectivity index (χ0n) is 16.4. The Morgan fingerprint density at radius 3 is 2.78 bits per heavy atom. The van der Waals surface area contributed by atoms with Gasteiger partial charge in [0.15, 0.2) is 0 Å². The first-order valence-electron chi connectivity index (χ1n) is 9.98. The number of rotatable bonds is 6. The molecule has 2 aliphatic heterocycles. The number of hydrogen-bond acceptors (Lipinski definition) is 5. The number of carbonyl (C=O) groups is 2. The predicted octanol–water partition coefficient (Wildman–Crippen LogP) is 2.78. The standard InChI is InChI=1S/C21H30N2O4/c1-3-27-21(25)19-10-4-5-13-23(19)20(24)15-22-12-7-11-18(22)16-8-6-9-17(14-16)26-2/h6,8-9,14,18-19H,3-5,7,10-13,15H2,1-2H3/t18-,19-/m1/s1. The highest BCUT2D eigenvalue weighted by Crippen LogP contribution is 2.33. The van der Waals surface area contributed by atoms with Crippen LogP contribution in [0.3, 0.4) is 0 Å². The Bertz CT molecular complexity index is 663. The van der Waals surface area contributed by atoms with Crippen LogP contribution in [0, 0.1) is 0 Å². The molecule has 2 heterocycles. The summed E-state index contributed by atoms with van der Waals surface area (Å²) < 4.78 is 10.5. The van der Waals surface area contributed by atoms with E-state index in [2.05, 4.69) is 17.0 Å². The molecule has 0 saturated carbocycles. The first kappa shape index (κ1) is 19.7. The number of esters is 1. The molecule has 0 aromatic heterocycles. The van der Waals surface area contributed by atoms with E-state index in [0.29, 0.717) is 26.1 Å². The third-order valence-corrected chi connectivity index (χ3v) is 5.56. The minimum atomic E-state index is -0.427. The third-order valence-electron chi connectivity index (χ3n) is 5.56. The average molecular weight is 374 g/mol. The van der Waals surface area contributed by atoms with Crippen LogP contribution in [0.15, 0.2) is 24.3 Å². The van der Waals surface area contributed by atoms with Crippen molar-refractivity contribution in [1.82, 2.24) is 9.80 Å². The number of likely N-dealkylation sites (tertiary alicyclic amines) is 2. The van der Waals surface area contributed by atoms with Crippen LogP contribution in [0.2, 0.25) is 0 Å². The van der Waals surface area contributed by atoms with Gasteiger partial charge >= 0.3 is 5.97 Å². The van der Waals surface area contributed by atoms with Crippen molar-refractivity contribution in [2.45, 2.75) is 51.1 Å². The Kier molecular flexibility index (Phi) is 6.72. The summed E-state index contributed by atoms with van der Waals surface area (Å²) in [6.07, 6.45) is 4.70. The van der Waals surface area contributed by atoms with Gasteiger partial charge in [-0.1, -0.05) is 12.1 Å². The maximum Gasteiger partial charge on any atom is 0.328 e. The molecule has 2 aliphatic rings. The topological polar surface area (TPSA) is 59.1 Å². The van der Waals surface area contributed by atoms with E-state index in [9.17, 15) is 9.59 Å². The Morgan fingerprint density at radius 2 is 2.00 bits per heavy atom. The van der Waals surface area contributed by atoms with E-state index in [1.807, 2.05) is 12.1 Å². The van der Waals surface area contributed by atoms with Crippen molar-refractivity contribution in [3.63, 3.8) is 0 Å². The summed E-state index contributed by atoms with van der Waals surface area (Å²) in [6, 6.07) is 7.87. The van der Waals surface area contributed by atoms with Crippen LogP contribution in [0.4, 0.5) is 0 Å². The highest BCUT2D eigenvalue weighted by atomic mass is 16.5. The third kappa shape index (κ3) is 4.61. The van der Waals surface area contributed by atoms with Crippen LogP contribution in [0.5, 0.6) is 5.75 Å². The van der Waals surface area contributed by atoms with Gasteiger partial charge in [0.25, 0.3) is 0 Å². The molecule has 0 N–H and O–H groups in total. The summed E-state index contributed by atoms with van der Waals surface area (Å²) in [6.45, 7) is 4.03. The first-order chi connectivity index (χ1) is 13.1. The molecule has 0 radical (unpaired) electrons. The normalized spacial score (nSPS) is 23.3. The van der Waals surface area contributed by atoms with Crippen molar-refractivity contribution in [3.05, 3.63) is 29.8 Å². The minimum absolute atomic E-state index is 0.0301. The molecule has 0 unspecified atom stereocenters. The highest BCUT2D eigenvalue weighted by molar-refractivity contribution is 5.86. The second kappa shape index (κ2) is 9.22. The molecule has 1 aromatic rings. The highest BCUT2D eigenvalue weighted by Gasteiger charge is 2.35. The van der Waals surface area contributed by atoms with E-state index in [1.54, 1.807) is 18.9 Å². The summed E-state index contributed by atoms with van der Waals surface area (Å²) in [5, 5.41) is 0. The zero-order valence-corrected chi connectivity index (χ0v) is 16.4. The van der Waals surface area contributed by atoms with E-state index in [4.69, 9.17) is 9.47 Å². The van der Waals surface area contributed by atoms with E-state index in [0.717, 1.165) is 38.0 Å². The minimum Gasteiger partial charge on any atom is -0.497 e. The molecule has 6 nitrogen and oxygen atoms in total. The number of methoxy groups -OCH3 is 1. The molecule has 0 spiro atoms. The van der Waals surface area contributed by atoms with E-state index < -0.39 is 6.04 Å². The molecule has 0 bridgehead atoms. The van der Waals surface area contributed by atoms with Crippen molar-refractivity contribution in [1.29, 1.82) is 0 Å². The summed E-state index contributed by atoms with van der Waals surface area (Å²) in [4.78, 5) is 29.3. The monoisotopic (exact) mass is 374 g/mol. The van der Waals surface area contributed by atoms with Gasteiger partial charge in [-0.3, -0.25) is 9.69 Å². The van der Waals surface area contributed by atoms with Crippen molar-refractivity contribution >= 4 is 11.9 Å². The van der Waals surface area contributed by atoms with Gasteiger partial charge in [-0.2, -0.15) is 0 Å². The average Bonchev–Trinajstić information content (AvgIpc) is 3.16. The van der Waals surface area contributed by atoms with E-state index in [-0.39, 0.29) is 17.9 Å². The molecule has 1 aromatic carbocycles. The molecule has 2 fully saturated rings. The fourth-order valence-corrected chi connectivity index (χ4v) is 4.22. The Labute approximate surface area is 161 Å². The van der Waals surface area contributed by atoms with Crippen molar-refractivity contribution in [2.24, 2.45) is 0 Å². The number of carbonyl (C=O) groups excluding carboxylic acids is 2. The number of nitrogens with zero attached hydrogens (tertiary/aromatic N) is 2. The van der Waals surface area contributed by atoms with Crippen LogP contribution in [0.1, 0.15) is 50.6 Å². The molecule has 2 atom stereocenters. The summed E-state index contributed by atoms with van der Waals surface area (Å²) in [5.41, 5.74) is 1.18. The maximum atomic E-state index is 13.0. The molecular weight excluding hydrogens is 344 g/mol. The number of piperidine rings is 1. The SMILES string of the molecule is CCOC(=O)[C@H]1CCCCN1C(=O)CN1CCC[C@@H]1c1cccc(OC)c1. The van der Waals surface area contributed by atoms with Gasteiger partial charge in [0.2, 0.25) is 5.91 Å². The lowest BCUT2D eigenvalue weighted by Gasteiger charge is -2.36. The molecule has 2 saturated heterocycles. The van der Waals surface area contributed by atoms with Gasteiger partial charge < -0.3 is 14.4 Å². The molecule has 6 heteroatoms. The van der Waals surface area contributed by atoms with Crippen LogP contribution >= 0.6 is 0 Å². The van der Waals surface area contributed by atoms with Gasteiger partial charge in [0.1, 0.15) is 11.8 Å². The lowest BCUT2D eigenvalue weighted by Crippen LogP contribution is -2.51. The smallest absolute Gasteiger partial charge is 0.328 e. The van der Waals surface area contributed by atoms with Crippen LogP contribution in [-0.4, -0.2) is 61.1 Å². The molecule has 27 heavy (non-hydrogen) atoms.